The Kier molecular flexibility index (Phi) is 6.71. The van der Waals surface area contributed by atoms with Gasteiger partial charge < -0.3 is 20.5 Å². The highest BCUT2D eigenvalue weighted by atomic mass is 16.5. The second-order valence-electron chi connectivity index (χ2n) is 6.50. The van der Waals surface area contributed by atoms with Crippen LogP contribution in [0.1, 0.15) is 38.2 Å². The van der Waals surface area contributed by atoms with Gasteiger partial charge in [-0.2, -0.15) is 0 Å². The number of aryl methyl sites for hydroxylation is 1. The number of aliphatic hydroxyl groups is 1. The van der Waals surface area contributed by atoms with E-state index in [9.17, 15) is 4.79 Å². The molecule has 1 aliphatic rings. The Morgan fingerprint density at radius 3 is 2.74 bits per heavy atom. The second-order valence-corrected chi connectivity index (χ2v) is 6.50. The zero-order chi connectivity index (χ0) is 16.7. The zero-order valence-corrected chi connectivity index (χ0v) is 14.0. The molecule has 1 fully saturated rings. The first kappa shape index (κ1) is 17.6. The molecule has 23 heavy (non-hydrogen) atoms. The van der Waals surface area contributed by atoms with Crippen LogP contribution in [0, 0.1) is 12.8 Å². The second kappa shape index (κ2) is 8.77. The number of benzene rings is 1. The number of hydrogen-bond acceptors (Lipinski definition) is 3. The van der Waals surface area contributed by atoms with Crippen molar-refractivity contribution in [1.29, 1.82) is 0 Å². The molecule has 1 aliphatic carbocycles. The third-order valence-electron chi connectivity index (χ3n) is 4.32. The quantitative estimate of drug-likeness (QED) is 0.754. The van der Waals surface area contributed by atoms with Crippen LogP contribution in [0.15, 0.2) is 24.3 Å². The lowest BCUT2D eigenvalue weighted by atomic mass is 9.87. The Bertz CT molecular complexity index is 499. The van der Waals surface area contributed by atoms with E-state index in [0.29, 0.717) is 12.5 Å². The maximum atomic E-state index is 11.9. The molecule has 0 saturated heterocycles. The molecule has 0 spiro atoms. The Labute approximate surface area is 138 Å². The average Bonchev–Trinajstić information content (AvgIpc) is 2.54. The largest absolute Gasteiger partial charge is 0.489 e. The van der Waals surface area contributed by atoms with Crippen molar-refractivity contribution in [3.8, 4) is 5.75 Å². The van der Waals surface area contributed by atoms with Crippen molar-refractivity contribution in [2.75, 3.05) is 13.2 Å². The first-order valence-corrected chi connectivity index (χ1v) is 8.45. The minimum atomic E-state index is -0.142. The van der Waals surface area contributed by atoms with Crippen LogP contribution in [-0.4, -0.2) is 36.4 Å². The maximum absolute atomic E-state index is 11.9. The fraction of sp³-hybridized carbons (Fsp3) is 0.611. The average molecular weight is 320 g/mol. The fourth-order valence-corrected chi connectivity index (χ4v) is 2.92. The van der Waals surface area contributed by atoms with Crippen molar-refractivity contribution in [3.05, 3.63) is 29.8 Å². The van der Waals surface area contributed by atoms with Gasteiger partial charge in [-0.05, 0) is 63.1 Å². The molecule has 1 saturated carbocycles. The van der Waals surface area contributed by atoms with Crippen LogP contribution in [-0.2, 0) is 0 Å². The lowest BCUT2D eigenvalue weighted by Gasteiger charge is -2.28. The van der Waals surface area contributed by atoms with Crippen LogP contribution in [0.4, 0.5) is 4.79 Å². The van der Waals surface area contributed by atoms with Crippen molar-refractivity contribution in [3.63, 3.8) is 0 Å². The summed E-state index contributed by atoms with van der Waals surface area (Å²) in [6.07, 6.45) is 3.75. The number of rotatable bonds is 6. The normalized spacial score (nSPS) is 22.2. The van der Waals surface area contributed by atoms with E-state index in [4.69, 9.17) is 9.84 Å². The molecule has 1 aromatic rings. The number of amides is 2. The first-order chi connectivity index (χ1) is 11.1. The summed E-state index contributed by atoms with van der Waals surface area (Å²) in [4.78, 5) is 11.9. The molecule has 5 nitrogen and oxygen atoms in total. The molecular formula is C18H28N2O3. The number of carbonyl (C=O) groups is 1. The summed E-state index contributed by atoms with van der Waals surface area (Å²) in [5.41, 5.74) is 1.15. The zero-order valence-electron chi connectivity index (χ0n) is 14.0. The highest BCUT2D eigenvalue weighted by Crippen LogP contribution is 2.23. The smallest absolute Gasteiger partial charge is 0.315 e. The summed E-state index contributed by atoms with van der Waals surface area (Å²) >= 11 is 0. The number of ether oxygens (including phenoxy) is 1. The van der Waals surface area contributed by atoms with E-state index in [1.165, 1.54) is 0 Å². The summed E-state index contributed by atoms with van der Waals surface area (Å²) in [6, 6.07) is 7.96. The van der Waals surface area contributed by atoms with Gasteiger partial charge in [-0.25, -0.2) is 4.79 Å². The van der Waals surface area contributed by atoms with Gasteiger partial charge in [0.2, 0.25) is 0 Å². The van der Waals surface area contributed by atoms with Crippen molar-refractivity contribution < 1.29 is 14.6 Å². The molecule has 0 aromatic heterocycles. The summed E-state index contributed by atoms with van der Waals surface area (Å²) in [5.74, 6) is 1.22. The van der Waals surface area contributed by atoms with Gasteiger partial charge in [0.05, 0.1) is 6.54 Å². The standard InChI is InChI=1S/C18H28N2O3/c1-13-4-3-5-17(10-13)23-14(2)11-19-18(22)20-16-8-6-15(12-21)7-9-16/h3-5,10,14-16,21H,6-9,11-12H2,1-2H3,(H2,19,20,22). The van der Waals surface area contributed by atoms with E-state index in [-0.39, 0.29) is 24.8 Å². The van der Waals surface area contributed by atoms with Crippen LogP contribution < -0.4 is 15.4 Å². The Morgan fingerprint density at radius 1 is 1.35 bits per heavy atom. The molecule has 3 N–H and O–H groups in total. The van der Waals surface area contributed by atoms with Crippen LogP contribution in [0.5, 0.6) is 5.75 Å². The van der Waals surface area contributed by atoms with Crippen molar-refractivity contribution >= 4 is 6.03 Å². The van der Waals surface area contributed by atoms with E-state index in [1.807, 2.05) is 38.1 Å². The lowest BCUT2D eigenvalue weighted by molar-refractivity contribution is 0.173. The molecule has 128 valence electrons. The third-order valence-corrected chi connectivity index (χ3v) is 4.32. The molecule has 0 heterocycles. The van der Waals surface area contributed by atoms with Crippen LogP contribution in [0.3, 0.4) is 0 Å². The topological polar surface area (TPSA) is 70.6 Å². The summed E-state index contributed by atoms with van der Waals surface area (Å²) in [6.45, 7) is 4.68. The summed E-state index contributed by atoms with van der Waals surface area (Å²) in [5, 5.41) is 15.0. The van der Waals surface area contributed by atoms with E-state index >= 15 is 0 Å². The van der Waals surface area contributed by atoms with Gasteiger partial charge in [-0.3, -0.25) is 0 Å². The predicted molar refractivity (Wildman–Crippen MR) is 90.6 cm³/mol. The van der Waals surface area contributed by atoms with Gasteiger partial charge in [-0.1, -0.05) is 12.1 Å². The lowest BCUT2D eigenvalue weighted by Crippen LogP contribution is -2.46. The van der Waals surface area contributed by atoms with Gasteiger partial charge in [0.15, 0.2) is 0 Å². The van der Waals surface area contributed by atoms with Crippen LogP contribution >= 0.6 is 0 Å². The molecule has 0 bridgehead atoms. The van der Waals surface area contributed by atoms with Gasteiger partial charge >= 0.3 is 6.03 Å². The first-order valence-electron chi connectivity index (χ1n) is 8.45. The number of urea groups is 1. The van der Waals surface area contributed by atoms with E-state index < -0.39 is 0 Å². The number of aliphatic hydroxyl groups excluding tert-OH is 1. The molecule has 0 aliphatic heterocycles. The van der Waals surface area contributed by atoms with Crippen LogP contribution in [0.2, 0.25) is 0 Å². The Hall–Kier alpha value is -1.75. The Morgan fingerprint density at radius 2 is 2.09 bits per heavy atom. The van der Waals surface area contributed by atoms with Crippen molar-refractivity contribution in [2.24, 2.45) is 5.92 Å². The number of nitrogens with one attached hydrogen (secondary N) is 2. The maximum Gasteiger partial charge on any atom is 0.315 e. The molecule has 2 amide bonds. The van der Waals surface area contributed by atoms with Gasteiger partial charge in [-0.15, -0.1) is 0 Å². The van der Waals surface area contributed by atoms with Gasteiger partial charge in [0.1, 0.15) is 11.9 Å². The molecule has 5 heteroatoms. The monoisotopic (exact) mass is 320 g/mol. The molecule has 2 rings (SSSR count). The fourth-order valence-electron chi connectivity index (χ4n) is 2.92. The molecule has 1 aromatic carbocycles. The molecule has 0 radical (unpaired) electrons. The number of hydrogen-bond donors (Lipinski definition) is 3. The van der Waals surface area contributed by atoms with Gasteiger partial charge in [0.25, 0.3) is 0 Å². The van der Waals surface area contributed by atoms with Crippen LogP contribution in [0.25, 0.3) is 0 Å². The highest BCUT2D eigenvalue weighted by Gasteiger charge is 2.21. The third kappa shape index (κ3) is 6.10. The predicted octanol–water partition coefficient (Wildman–Crippen LogP) is 2.61. The highest BCUT2D eigenvalue weighted by molar-refractivity contribution is 5.74. The minimum absolute atomic E-state index is 0.0901. The molecular weight excluding hydrogens is 292 g/mol. The van der Waals surface area contributed by atoms with Crippen molar-refractivity contribution in [1.82, 2.24) is 10.6 Å². The Balaban J connectivity index is 1.66. The van der Waals surface area contributed by atoms with E-state index in [0.717, 1.165) is 37.0 Å². The number of carbonyl (C=O) groups excluding carboxylic acids is 1. The summed E-state index contributed by atoms with van der Waals surface area (Å²) < 4.78 is 5.79. The molecule has 1 atom stereocenters. The van der Waals surface area contributed by atoms with Gasteiger partial charge in [0, 0.05) is 12.6 Å². The molecule has 1 unspecified atom stereocenters. The SMILES string of the molecule is Cc1cccc(OC(C)CNC(=O)NC2CCC(CO)CC2)c1. The van der Waals surface area contributed by atoms with E-state index in [2.05, 4.69) is 10.6 Å². The van der Waals surface area contributed by atoms with Crippen molar-refractivity contribution in [2.45, 2.75) is 51.7 Å². The minimum Gasteiger partial charge on any atom is -0.489 e. The van der Waals surface area contributed by atoms with E-state index in [1.54, 1.807) is 0 Å². The summed E-state index contributed by atoms with van der Waals surface area (Å²) in [7, 11) is 0.